The number of halogens is 1. The second kappa shape index (κ2) is 8.48. The number of hydrogen-bond acceptors (Lipinski definition) is 3. The third-order valence-corrected chi connectivity index (χ3v) is 4.96. The molecule has 0 radical (unpaired) electrons. The molecule has 1 heterocycles. The molecule has 1 amide bonds. The van der Waals surface area contributed by atoms with Gasteiger partial charge in [0.05, 0.1) is 5.92 Å². The van der Waals surface area contributed by atoms with Crippen LogP contribution < -0.4 is 10.6 Å². The number of rotatable bonds is 5. The van der Waals surface area contributed by atoms with E-state index in [0.717, 1.165) is 31.7 Å². The molecule has 0 aromatic heterocycles. The van der Waals surface area contributed by atoms with Gasteiger partial charge in [-0.1, -0.05) is 41.9 Å². The average molecular weight is 358 g/mol. The zero-order valence-electron chi connectivity index (χ0n) is 14.4. The fraction of sp³-hybridized carbons (Fsp3) is 0.350. The molecule has 1 fully saturated rings. The van der Waals surface area contributed by atoms with E-state index >= 15 is 0 Å². The van der Waals surface area contributed by atoms with Crippen molar-refractivity contribution in [3.05, 3.63) is 65.2 Å². The number of anilines is 1. The molecule has 2 atom stereocenters. The Morgan fingerprint density at radius 2 is 1.88 bits per heavy atom. The number of likely N-dealkylation sites (N-methyl/N-ethyl adjacent to an activating group) is 1. The highest BCUT2D eigenvalue weighted by atomic mass is 35.5. The molecular weight excluding hydrogens is 334 g/mol. The number of hydrogen-bond donors (Lipinski definition) is 2. The number of carbonyl (C=O) groups is 1. The van der Waals surface area contributed by atoms with Gasteiger partial charge in [0.15, 0.2) is 0 Å². The monoisotopic (exact) mass is 357 g/mol. The minimum atomic E-state index is -0.0346. The zero-order valence-corrected chi connectivity index (χ0v) is 15.2. The summed E-state index contributed by atoms with van der Waals surface area (Å²) in [6, 6.07) is 18.0. The molecule has 4 nitrogen and oxygen atoms in total. The highest BCUT2D eigenvalue weighted by Gasteiger charge is 2.29. The van der Waals surface area contributed by atoms with Crippen molar-refractivity contribution in [3.8, 4) is 0 Å². The number of amides is 1. The molecule has 1 aliphatic rings. The minimum absolute atomic E-state index is 0.0346. The largest absolute Gasteiger partial charge is 0.326 e. The SMILES string of the molecule is CN(Cc1ccccc1)C1CNCC(C(=O)Nc2ccc(Cl)cc2)C1. The quantitative estimate of drug-likeness (QED) is 0.862. The first-order valence-corrected chi connectivity index (χ1v) is 9.01. The van der Waals surface area contributed by atoms with E-state index in [1.165, 1.54) is 5.56 Å². The van der Waals surface area contributed by atoms with Gasteiger partial charge < -0.3 is 10.6 Å². The Balaban J connectivity index is 1.56. The van der Waals surface area contributed by atoms with Gasteiger partial charge in [-0.25, -0.2) is 0 Å². The van der Waals surface area contributed by atoms with Crippen molar-refractivity contribution in [1.29, 1.82) is 0 Å². The van der Waals surface area contributed by atoms with Crippen molar-refractivity contribution in [2.24, 2.45) is 5.92 Å². The van der Waals surface area contributed by atoms with Gasteiger partial charge in [0, 0.05) is 36.4 Å². The number of piperidine rings is 1. The molecule has 25 heavy (non-hydrogen) atoms. The average Bonchev–Trinajstić information content (AvgIpc) is 2.64. The number of nitrogens with one attached hydrogen (secondary N) is 2. The van der Waals surface area contributed by atoms with Crippen molar-refractivity contribution >= 4 is 23.2 Å². The Kier molecular flexibility index (Phi) is 6.08. The molecule has 0 aliphatic carbocycles. The molecular formula is C20H24ClN3O. The molecule has 0 saturated carbocycles. The molecule has 2 aromatic carbocycles. The van der Waals surface area contributed by atoms with E-state index in [-0.39, 0.29) is 11.8 Å². The molecule has 2 N–H and O–H groups in total. The van der Waals surface area contributed by atoms with Gasteiger partial charge in [-0.15, -0.1) is 0 Å². The fourth-order valence-corrected chi connectivity index (χ4v) is 3.36. The molecule has 0 spiro atoms. The maximum Gasteiger partial charge on any atom is 0.228 e. The first-order valence-electron chi connectivity index (χ1n) is 8.63. The van der Waals surface area contributed by atoms with E-state index in [1.807, 2.05) is 18.2 Å². The predicted molar refractivity (Wildman–Crippen MR) is 103 cm³/mol. The van der Waals surface area contributed by atoms with Crippen LogP contribution in [0.4, 0.5) is 5.69 Å². The van der Waals surface area contributed by atoms with Gasteiger partial charge in [-0.05, 0) is 43.3 Å². The molecule has 1 saturated heterocycles. The van der Waals surface area contributed by atoms with E-state index in [2.05, 4.69) is 46.8 Å². The topological polar surface area (TPSA) is 44.4 Å². The van der Waals surface area contributed by atoms with Crippen LogP contribution in [-0.4, -0.2) is 37.0 Å². The van der Waals surface area contributed by atoms with Crippen LogP contribution in [0.3, 0.4) is 0 Å². The maximum absolute atomic E-state index is 12.6. The van der Waals surface area contributed by atoms with Crippen molar-refractivity contribution in [1.82, 2.24) is 10.2 Å². The Morgan fingerprint density at radius 3 is 2.60 bits per heavy atom. The lowest BCUT2D eigenvalue weighted by Gasteiger charge is -2.35. The Labute approximate surface area is 154 Å². The van der Waals surface area contributed by atoms with Crippen LogP contribution in [-0.2, 0) is 11.3 Å². The summed E-state index contributed by atoms with van der Waals surface area (Å²) in [7, 11) is 2.12. The van der Waals surface area contributed by atoms with Crippen LogP contribution in [0.15, 0.2) is 54.6 Å². The second-order valence-corrected chi connectivity index (χ2v) is 7.08. The van der Waals surface area contributed by atoms with Gasteiger partial charge in [0.25, 0.3) is 0 Å². The lowest BCUT2D eigenvalue weighted by molar-refractivity contribution is -0.120. The van der Waals surface area contributed by atoms with Crippen LogP contribution in [0.25, 0.3) is 0 Å². The molecule has 132 valence electrons. The van der Waals surface area contributed by atoms with Crippen molar-refractivity contribution in [2.45, 2.75) is 19.0 Å². The van der Waals surface area contributed by atoms with Crippen LogP contribution in [0.5, 0.6) is 0 Å². The first kappa shape index (κ1) is 17.9. The summed E-state index contributed by atoms with van der Waals surface area (Å²) < 4.78 is 0. The lowest BCUT2D eigenvalue weighted by atomic mass is 9.93. The van der Waals surface area contributed by atoms with Crippen molar-refractivity contribution in [3.63, 3.8) is 0 Å². The number of benzene rings is 2. The van der Waals surface area contributed by atoms with Gasteiger partial charge in [-0.2, -0.15) is 0 Å². The number of carbonyl (C=O) groups excluding carboxylic acids is 1. The third-order valence-electron chi connectivity index (χ3n) is 4.71. The highest BCUT2D eigenvalue weighted by molar-refractivity contribution is 6.30. The Morgan fingerprint density at radius 1 is 1.16 bits per heavy atom. The summed E-state index contributed by atoms with van der Waals surface area (Å²) in [6.45, 7) is 2.52. The standard InChI is InChI=1S/C20H24ClN3O/c1-24(14-15-5-3-2-4-6-15)19-11-16(12-22-13-19)20(25)23-18-9-7-17(21)8-10-18/h2-10,16,19,22H,11-14H2,1H3,(H,23,25). The smallest absolute Gasteiger partial charge is 0.228 e. The summed E-state index contributed by atoms with van der Waals surface area (Å²) in [5.74, 6) is 0.0280. The summed E-state index contributed by atoms with van der Waals surface area (Å²) in [5.41, 5.74) is 2.08. The van der Waals surface area contributed by atoms with Gasteiger partial charge in [0.1, 0.15) is 0 Å². The third kappa shape index (κ3) is 5.05. The molecule has 3 rings (SSSR count). The minimum Gasteiger partial charge on any atom is -0.326 e. The van der Waals surface area contributed by atoms with E-state index < -0.39 is 0 Å². The van der Waals surface area contributed by atoms with Crippen LogP contribution in [0.2, 0.25) is 5.02 Å². The Bertz CT molecular complexity index is 690. The predicted octanol–water partition coefficient (Wildman–Crippen LogP) is 3.39. The van der Waals surface area contributed by atoms with Crippen LogP contribution in [0.1, 0.15) is 12.0 Å². The van der Waals surface area contributed by atoms with E-state index in [9.17, 15) is 4.79 Å². The molecule has 5 heteroatoms. The first-order chi connectivity index (χ1) is 12.1. The summed E-state index contributed by atoms with van der Waals surface area (Å²) in [5, 5.41) is 7.06. The molecule has 1 aliphatic heterocycles. The van der Waals surface area contributed by atoms with Crippen molar-refractivity contribution in [2.75, 3.05) is 25.5 Å². The fourth-order valence-electron chi connectivity index (χ4n) is 3.23. The van der Waals surface area contributed by atoms with Crippen LogP contribution >= 0.6 is 11.6 Å². The van der Waals surface area contributed by atoms with Crippen molar-refractivity contribution < 1.29 is 4.79 Å². The lowest BCUT2D eigenvalue weighted by Crippen LogP contribution is -2.50. The van der Waals surface area contributed by atoms with Gasteiger partial charge >= 0.3 is 0 Å². The summed E-state index contributed by atoms with van der Waals surface area (Å²) >= 11 is 5.89. The van der Waals surface area contributed by atoms with Gasteiger partial charge in [0.2, 0.25) is 5.91 Å². The van der Waals surface area contributed by atoms with Crippen LogP contribution in [0, 0.1) is 5.92 Å². The summed E-state index contributed by atoms with van der Waals surface area (Å²) in [6.07, 6.45) is 0.857. The molecule has 0 bridgehead atoms. The zero-order chi connectivity index (χ0) is 17.6. The van der Waals surface area contributed by atoms with E-state index in [0.29, 0.717) is 11.1 Å². The summed E-state index contributed by atoms with van der Waals surface area (Å²) in [4.78, 5) is 14.9. The molecule has 2 aromatic rings. The normalized spacial score (nSPS) is 20.4. The molecule has 2 unspecified atom stereocenters. The number of nitrogens with zero attached hydrogens (tertiary/aromatic N) is 1. The maximum atomic E-state index is 12.6. The highest BCUT2D eigenvalue weighted by Crippen LogP contribution is 2.20. The Hall–Kier alpha value is -1.88. The van der Waals surface area contributed by atoms with E-state index in [4.69, 9.17) is 11.6 Å². The van der Waals surface area contributed by atoms with E-state index in [1.54, 1.807) is 12.1 Å². The van der Waals surface area contributed by atoms with Gasteiger partial charge in [-0.3, -0.25) is 9.69 Å². The second-order valence-electron chi connectivity index (χ2n) is 6.64.